The lowest BCUT2D eigenvalue weighted by Gasteiger charge is -2.17. The van der Waals surface area contributed by atoms with Crippen molar-refractivity contribution in [3.8, 4) is 0 Å². The third-order valence-electron chi connectivity index (χ3n) is 3.30. The van der Waals surface area contributed by atoms with Gasteiger partial charge in [-0.2, -0.15) is 0 Å². The molecule has 2 N–H and O–H groups in total. The Labute approximate surface area is 125 Å². The van der Waals surface area contributed by atoms with Crippen LogP contribution >= 0.6 is 0 Å². The summed E-state index contributed by atoms with van der Waals surface area (Å²) in [6.07, 6.45) is 0.656. The highest BCUT2D eigenvalue weighted by atomic mass is 32.2. The molecule has 1 unspecified atom stereocenters. The average Bonchev–Trinajstić information content (AvgIpc) is 2.53. The summed E-state index contributed by atoms with van der Waals surface area (Å²) in [4.78, 5) is 0.170. The predicted octanol–water partition coefficient (Wildman–Crippen LogP) is 2.61. The molecular formula is C16H19NO3S. The Balaban J connectivity index is 2.27. The molecule has 4 nitrogen and oxygen atoms in total. The average molecular weight is 305 g/mol. The Hall–Kier alpha value is -1.69. The van der Waals surface area contributed by atoms with Crippen LogP contribution in [0.15, 0.2) is 59.5 Å². The van der Waals surface area contributed by atoms with E-state index in [4.69, 9.17) is 5.11 Å². The maximum atomic E-state index is 12.5. The fraction of sp³-hybridized carbons (Fsp3) is 0.250. The van der Waals surface area contributed by atoms with E-state index in [1.54, 1.807) is 12.1 Å². The van der Waals surface area contributed by atoms with Crippen LogP contribution in [0.3, 0.4) is 0 Å². The number of nitrogens with one attached hydrogen (secondary N) is 1. The van der Waals surface area contributed by atoms with Crippen LogP contribution in [-0.4, -0.2) is 13.5 Å². The van der Waals surface area contributed by atoms with Gasteiger partial charge in [0.2, 0.25) is 10.0 Å². The van der Waals surface area contributed by atoms with Gasteiger partial charge in [-0.3, -0.25) is 0 Å². The van der Waals surface area contributed by atoms with Gasteiger partial charge in [-0.1, -0.05) is 49.4 Å². The zero-order valence-corrected chi connectivity index (χ0v) is 12.7. The van der Waals surface area contributed by atoms with Gasteiger partial charge >= 0.3 is 0 Å². The lowest BCUT2D eigenvalue weighted by Crippen LogP contribution is -2.28. The van der Waals surface area contributed by atoms with Gasteiger partial charge < -0.3 is 5.11 Å². The van der Waals surface area contributed by atoms with Gasteiger partial charge in [0, 0.05) is 6.04 Å². The second-order valence-electron chi connectivity index (χ2n) is 4.80. The minimum absolute atomic E-state index is 0.170. The van der Waals surface area contributed by atoms with Crippen LogP contribution in [-0.2, 0) is 16.6 Å². The summed E-state index contributed by atoms with van der Waals surface area (Å²) < 4.78 is 27.6. The molecule has 112 valence electrons. The highest BCUT2D eigenvalue weighted by Gasteiger charge is 2.20. The van der Waals surface area contributed by atoms with E-state index in [-0.39, 0.29) is 17.5 Å². The molecule has 0 aliphatic heterocycles. The maximum Gasteiger partial charge on any atom is 0.241 e. The van der Waals surface area contributed by atoms with Crippen molar-refractivity contribution in [3.05, 3.63) is 65.7 Å². The second-order valence-corrected chi connectivity index (χ2v) is 6.51. The molecule has 2 aromatic carbocycles. The molecule has 1 atom stereocenters. The summed E-state index contributed by atoms with van der Waals surface area (Å²) >= 11 is 0. The minimum Gasteiger partial charge on any atom is -0.392 e. The van der Waals surface area contributed by atoms with Crippen molar-refractivity contribution in [2.75, 3.05) is 0 Å². The van der Waals surface area contributed by atoms with Gasteiger partial charge in [-0.05, 0) is 29.7 Å². The number of rotatable bonds is 6. The van der Waals surface area contributed by atoms with E-state index >= 15 is 0 Å². The first-order valence-corrected chi connectivity index (χ1v) is 8.32. The fourth-order valence-corrected chi connectivity index (χ4v) is 3.52. The summed E-state index contributed by atoms with van der Waals surface area (Å²) in [6.45, 7) is 1.75. The van der Waals surface area contributed by atoms with Gasteiger partial charge in [-0.25, -0.2) is 13.1 Å². The fourth-order valence-electron chi connectivity index (χ4n) is 2.14. The van der Waals surface area contributed by atoms with Crippen LogP contribution in [0.25, 0.3) is 0 Å². The third kappa shape index (κ3) is 3.91. The van der Waals surface area contributed by atoms with E-state index in [2.05, 4.69) is 4.72 Å². The lowest BCUT2D eigenvalue weighted by molar-refractivity contribution is 0.281. The molecule has 5 heteroatoms. The molecule has 0 bridgehead atoms. The van der Waals surface area contributed by atoms with Crippen LogP contribution < -0.4 is 4.72 Å². The summed E-state index contributed by atoms with van der Waals surface area (Å²) in [5.41, 5.74) is 1.51. The van der Waals surface area contributed by atoms with Crippen molar-refractivity contribution in [2.24, 2.45) is 0 Å². The van der Waals surface area contributed by atoms with E-state index in [0.717, 1.165) is 5.56 Å². The van der Waals surface area contributed by atoms with Crippen molar-refractivity contribution in [3.63, 3.8) is 0 Å². The smallest absolute Gasteiger partial charge is 0.241 e. The van der Waals surface area contributed by atoms with Gasteiger partial charge in [0.15, 0.2) is 0 Å². The normalized spacial score (nSPS) is 13.0. The zero-order valence-electron chi connectivity index (χ0n) is 11.9. The van der Waals surface area contributed by atoms with Gasteiger partial charge in [0.25, 0.3) is 0 Å². The number of sulfonamides is 1. The van der Waals surface area contributed by atoms with Gasteiger partial charge in [-0.15, -0.1) is 0 Å². The number of aliphatic hydroxyl groups is 1. The van der Waals surface area contributed by atoms with Gasteiger partial charge in [0.1, 0.15) is 0 Å². The minimum atomic E-state index is -3.61. The van der Waals surface area contributed by atoms with Crippen LogP contribution in [0, 0.1) is 0 Å². The van der Waals surface area contributed by atoms with Crippen LogP contribution in [0.1, 0.15) is 30.5 Å². The molecule has 0 radical (unpaired) electrons. The van der Waals surface area contributed by atoms with E-state index < -0.39 is 10.0 Å². The van der Waals surface area contributed by atoms with Crippen molar-refractivity contribution < 1.29 is 13.5 Å². The first-order chi connectivity index (χ1) is 10.1. The molecule has 0 heterocycles. The summed E-state index contributed by atoms with van der Waals surface area (Å²) in [5.74, 6) is 0. The predicted molar refractivity (Wildman–Crippen MR) is 82.2 cm³/mol. The van der Waals surface area contributed by atoms with E-state index in [9.17, 15) is 8.42 Å². The molecule has 0 fully saturated rings. The molecule has 0 amide bonds. The topological polar surface area (TPSA) is 66.4 Å². The van der Waals surface area contributed by atoms with Crippen molar-refractivity contribution in [2.45, 2.75) is 30.9 Å². The summed E-state index contributed by atoms with van der Waals surface area (Å²) in [5, 5.41) is 9.12. The Kier molecular flexibility index (Phi) is 5.12. The molecule has 21 heavy (non-hydrogen) atoms. The Morgan fingerprint density at radius 3 is 2.43 bits per heavy atom. The van der Waals surface area contributed by atoms with Crippen molar-refractivity contribution >= 4 is 10.0 Å². The quantitative estimate of drug-likeness (QED) is 0.862. The highest BCUT2D eigenvalue weighted by Crippen LogP contribution is 2.20. The molecule has 0 aliphatic rings. The Bertz CT molecular complexity index is 684. The van der Waals surface area contributed by atoms with E-state index in [1.807, 2.05) is 37.3 Å². The number of benzene rings is 2. The molecule has 0 saturated carbocycles. The first kappa shape index (κ1) is 15.7. The zero-order chi connectivity index (χ0) is 15.3. The largest absolute Gasteiger partial charge is 0.392 e. The molecular weight excluding hydrogens is 286 g/mol. The number of hydrogen-bond donors (Lipinski definition) is 2. The van der Waals surface area contributed by atoms with Crippen LogP contribution in [0.4, 0.5) is 0 Å². The van der Waals surface area contributed by atoms with Gasteiger partial charge in [0.05, 0.1) is 11.5 Å². The lowest BCUT2D eigenvalue weighted by atomic mass is 10.1. The standard InChI is InChI=1S/C16H19NO3S/c1-2-16(14-8-4-3-5-9-14)17-21(19,20)15-10-6-7-13(11-15)12-18/h3-11,16-18H,2,12H2,1H3. The molecule has 0 aromatic heterocycles. The van der Waals surface area contributed by atoms with Crippen molar-refractivity contribution in [1.29, 1.82) is 0 Å². The van der Waals surface area contributed by atoms with E-state index in [0.29, 0.717) is 12.0 Å². The van der Waals surface area contributed by atoms with Crippen LogP contribution in [0.5, 0.6) is 0 Å². The summed E-state index contributed by atoms with van der Waals surface area (Å²) in [7, 11) is -3.61. The monoisotopic (exact) mass is 305 g/mol. The first-order valence-electron chi connectivity index (χ1n) is 6.84. The number of aliphatic hydroxyl groups excluding tert-OH is 1. The molecule has 2 rings (SSSR count). The highest BCUT2D eigenvalue weighted by molar-refractivity contribution is 7.89. The van der Waals surface area contributed by atoms with Crippen LogP contribution in [0.2, 0.25) is 0 Å². The second kappa shape index (κ2) is 6.85. The SMILES string of the molecule is CCC(NS(=O)(=O)c1cccc(CO)c1)c1ccccc1. The molecule has 0 spiro atoms. The molecule has 2 aromatic rings. The Morgan fingerprint density at radius 1 is 1.10 bits per heavy atom. The van der Waals surface area contributed by atoms with E-state index in [1.165, 1.54) is 12.1 Å². The summed E-state index contributed by atoms with van der Waals surface area (Å²) in [6, 6.07) is 15.5. The van der Waals surface area contributed by atoms with Crippen molar-refractivity contribution in [1.82, 2.24) is 4.72 Å². The number of hydrogen-bond acceptors (Lipinski definition) is 3. The Morgan fingerprint density at radius 2 is 1.81 bits per heavy atom. The molecule has 0 aliphatic carbocycles. The maximum absolute atomic E-state index is 12.5. The molecule has 0 saturated heterocycles. The third-order valence-corrected chi connectivity index (χ3v) is 4.77.